The van der Waals surface area contributed by atoms with Crippen LogP contribution in [-0.2, 0) is 22.3 Å². The number of benzene rings is 3. The lowest BCUT2D eigenvalue weighted by molar-refractivity contribution is -0.00984. The first-order chi connectivity index (χ1) is 20.4. The molecule has 0 aromatic heterocycles. The van der Waals surface area contributed by atoms with Crippen molar-refractivity contribution in [2.75, 3.05) is 63.8 Å². The van der Waals surface area contributed by atoms with E-state index in [0.29, 0.717) is 0 Å². The highest BCUT2D eigenvalue weighted by molar-refractivity contribution is 7.98. The predicted molar refractivity (Wildman–Crippen MR) is 176 cm³/mol. The number of hydrogen-bond acceptors (Lipinski definition) is 6. The van der Waals surface area contributed by atoms with Gasteiger partial charge < -0.3 is 14.4 Å². The number of nitrogens with zero attached hydrogens (tertiary/aromatic N) is 2. The first-order valence-corrected chi connectivity index (χ1v) is 16.6. The molecule has 5 rings (SSSR count). The second kappa shape index (κ2) is 16.3. The maximum Gasteiger partial charge on any atom is 0.166 e. The summed E-state index contributed by atoms with van der Waals surface area (Å²) in [4.78, 5) is 19.0. The van der Waals surface area contributed by atoms with E-state index in [1.54, 1.807) is 11.8 Å². The van der Waals surface area contributed by atoms with Crippen molar-refractivity contribution in [2.45, 2.75) is 50.5 Å². The molecule has 42 heavy (non-hydrogen) atoms. The fraction of sp³-hybridized carbons (Fsp3) is 0.472. The number of hydrogen-bond donors (Lipinski definition) is 0. The lowest BCUT2D eigenvalue weighted by Gasteiger charge is -2.41. The van der Waals surface area contributed by atoms with Crippen LogP contribution in [0.4, 0.5) is 5.69 Å². The van der Waals surface area contributed by atoms with Gasteiger partial charge in [0, 0.05) is 53.8 Å². The fourth-order valence-corrected chi connectivity index (χ4v) is 6.15. The quantitative estimate of drug-likeness (QED) is 0.187. The first kappa shape index (κ1) is 32.3. The monoisotopic (exact) mass is 588 g/mol. The molecule has 2 aliphatic rings. The fourth-order valence-electron chi connectivity index (χ4n) is 5.74. The average Bonchev–Trinajstić information content (AvgIpc) is 3.05. The molecule has 0 N–H and O–H groups in total. The molecule has 3 aromatic carbocycles. The molecule has 0 aliphatic carbocycles. The molecule has 2 saturated heterocycles. The molecular weight excluding hydrogens is 540 g/mol. The normalized spacial score (nSPS) is 16.8. The van der Waals surface area contributed by atoms with Crippen molar-refractivity contribution in [3.63, 3.8) is 0 Å². The van der Waals surface area contributed by atoms with Gasteiger partial charge >= 0.3 is 0 Å². The molecule has 2 aliphatic heterocycles. The number of rotatable bonds is 10. The second-order valence-corrected chi connectivity index (χ2v) is 12.6. The number of ketones is 1. The van der Waals surface area contributed by atoms with Crippen LogP contribution in [0.1, 0.15) is 48.7 Å². The second-order valence-electron chi connectivity index (χ2n) is 11.7. The maximum atomic E-state index is 12.8. The van der Waals surface area contributed by atoms with Crippen LogP contribution in [-0.4, -0.2) is 75.1 Å². The van der Waals surface area contributed by atoms with Gasteiger partial charge in [-0.05, 0) is 86.9 Å². The Hall–Kier alpha value is -2.64. The van der Waals surface area contributed by atoms with Gasteiger partial charge in [0.2, 0.25) is 0 Å². The van der Waals surface area contributed by atoms with Crippen LogP contribution in [0.5, 0.6) is 0 Å². The van der Waals surface area contributed by atoms with E-state index in [1.165, 1.54) is 21.7 Å². The number of ether oxygens (including phenoxy) is 2. The third kappa shape index (κ3) is 9.43. The van der Waals surface area contributed by atoms with E-state index in [2.05, 4.69) is 85.4 Å². The van der Waals surface area contributed by atoms with Gasteiger partial charge in [-0.1, -0.05) is 49.4 Å². The zero-order valence-corrected chi connectivity index (χ0v) is 26.7. The van der Waals surface area contributed by atoms with Crippen LogP contribution in [0.2, 0.25) is 0 Å². The molecule has 0 amide bonds. The van der Waals surface area contributed by atoms with Crippen LogP contribution < -0.4 is 4.90 Å². The molecule has 0 bridgehead atoms. The Balaban J connectivity index is 0.000000201. The Kier molecular flexibility index (Phi) is 12.5. The van der Waals surface area contributed by atoms with Gasteiger partial charge in [-0.25, -0.2) is 0 Å². The minimum Gasteiger partial charge on any atom is -0.379 e. The highest BCUT2D eigenvalue weighted by atomic mass is 32.2. The van der Waals surface area contributed by atoms with Gasteiger partial charge in [0.25, 0.3) is 0 Å². The third-order valence-corrected chi connectivity index (χ3v) is 9.12. The Morgan fingerprint density at radius 2 is 1.40 bits per heavy atom. The summed E-state index contributed by atoms with van der Waals surface area (Å²) in [6.45, 7) is 14.0. The van der Waals surface area contributed by atoms with Crippen molar-refractivity contribution in [1.82, 2.24) is 4.90 Å². The predicted octanol–water partition coefficient (Wildman–Crippen LogP) is 7.04. The maximum absolute atomic E-state index is 12.8. The summed E-state index contributed by atoms with van der Waals surface area (Å²) in [5.41, 5.74) is 4.85. The van der Waals surface area contributed by atoms with Crippen molar-refractivity contribution >= 4 is 23.2 Å². The van der Waals surface area contributed by atoms with E-state index in [9.17, 15) is 4.79 Å². The molecular formula is C36H48N2O3S. The lowest BCUT2D eigenvalue weighted by Crippen LogP contribution is -2.51. The Labute approximate surface area is 257 Å². The molecule has 3 aromatic rings. The minimum absolute atomic E-state index is 0.0432. The van der Waals surface area contributed by atoms with Gasteiger partial charge in [0.1, 0.15) is 0 Å². The molecule has 0 spiro atoms. The molecule has 1 unspecified atom stereocenters. The number of carbonyl (C=O) groups is 1. The van der Waals surface area contributed by atoms with Gasteiger partial charge in [0.05, 0.1) is 26.4 Å². The molecule has 2 fully saturated rings. The Morgan fingerprint density at radius 3 is 1.98 bits per heavy atom. The number of morpholine rings is 2. The van der Waals surface area contributed by atoms with Crippen LogP contribution in [0, 0.1) is 5.92 Å². The van der Waals surface area contributed by atoms with Crippen LogP contribution >= 0.6 is 11.8 Å². The summed E-state index contributed by atoms with van der Waals surface area (Å²) >= 11 is 1.80. The van der Waals surface area contributed by atoms with Gasteiger partial charge in [-0.15, -0.1) is 11.8 Å². The van der Waals surface area contributed by atoms with Gasteiger partial charge in [-0.2, -0.15) is 0 Å². The number of anilines is 1. The Morgan fingerprint density at radius 1 is 0.810 bits per heavy atom. The molecule has 0 saturated carbocycles. The third-order valence-electron chi connectivity index (χ3n) is 8.38. The number of carbonyl (C=O) groups excluding carboxylic acids is 1. The van der Waals surface area contributed by atoms with E-state index >= 15 is 0 Å². The molecule has 2 heterocycles. The van der Waals surface area contributed by atoms with Gasteiger partial charge in [-0.3, -0.25) is 9.69 Å². The molecule has 0 radical (unpaired) electrons. The van der Waals surface area contributed by atoms with Crippen molar-refractivity contribution in [3.05, 3.63) is 95.6 Å². The summed E-state index contributed by atoms with van der Waals surface area (Å²) in [6, 6.07) is 27.3. The van der Waals surface area contributed by atoms with Crippen LogP contribution in [0.3, 0.4) is 0 Å². The zero-order chi connectivity index (χ0) is 29.8. The summed E-state index contributed by atoms with van der Waals surface area (Å²) in [5, 5.41) is 0. The van der Waals surface area contributed by atoms with Crippen molar-refractivity contribution in [1.29, 1.82) is 0 Å². The smallest absolute Gasteiger partial charge is 0.166 e. The number of thioether (sulfide) groups is 1. The van der Waals surface area contributed by atoms with Crippen molar-refractivity contribution in [3.8, 4) is 0 Å². The minimum atomic E-state index is 0.0432. The summed E-state index contributed by atoms with van der Waals surface area (Å²) < 4.78 is 10.8. The SMILES string of the molecule is CCC(Cc1ccccc1)C(=O)c1ccc(N2CCOCC2)cc1.CSc1ccc(CC(C)(C)N2CCOCC2)cc1. The van der Waals surface area contributed by atoms with Crippen LogP contribution in [0.15, 0.2) is 83.8 Å². The lowest BCUT2D eigenvalue weighted by atomic mass is 9.89. The molecule has 226 valence electrons. The van der Waals surface area contributed by atoms with Crippen molar-refractivity contribution < 1.29 is 14.3 Å². The topological polar surface area (TPSA) is 42.0 Å². The van der Waals surface area contributed by atoms with Crippen molar-refractivity contribution in [2.24, 2.45) is 5.92 Å². The van der Waals surface area contributed by atoms with E-state index < -0.39 is 0 Å². The average molecular weight is 589 g/mol. The summed E-state index contributed by atoms with van der Waals surface area (Å²) in [6.07, 6.45) is 4.88. The Bertz CT molecular complexity index is 1200. The standard InChI is InChI=1S/C21H25NO2.C15H23NOS/c1-2-18(16-17-6-4-3-5-7-17)21(23)19-8-10-20(11-9-19)22-12-14-24-15-13-22;1-15(2,16-8-10-17-11-9-16)12-13-4-6-14(18-3)7-5-13/h3-11,18H,2,12-16H2,1H3;4-7H,8-12H2,1-3H3. The summed E-state index contributed by atoms with van der Waals surface area (Å²) in [7, 11) is 0. The van der Waals surface area contributed by atoms with E-state index in [0.717, 1.165) is 77.4 Å². The van der Waals surface area contributed by atoms with E-state index in [1.807, 2.05) is 30.3 Å². The van der Waals surface area contributed by atoms with Gasteiger partial charge in [0.15, 0.2) is 5.78 Å². The largest absolute Gasteiger partial charge is 0.379 e. The molecule has 5 nitrogen and oxygen atoms in total. The zero-order valence-electron chi connectivity index (χ0n) is 25.9. The highest BCUT2D eigenvalue weighted by Gasteiger charge is 2.28. The molecule has 6 heteroatoms. The van der Waals surface area contributed by atoms with Crippen LogP contribution in [0.25, 0.3) is 0 Å². The number of Topliss-reactive ketones (excluding diaryl/α,β-unsaturated/α-hetero) is 1. The first-order valence-electron chi connectivity index (χ1n) is 15.4. The van der Waals surface area contributed by atoms with E-state index in [4.69, 9.17) is 9.47 Å². The highest BCUT2D eigenvalue weighted by Crippen LogP contribution is 2.24. The van der Waals surface area contributed by atoms with E-state index in [-0.39, 0.29) is 17.2 Å². The molecule has 1 atom stereocenters. The summed E-state index contributed by atoms with van der Waals surface area (Å²) in [5.74, 6) is 0.288.